The molecule has 0 aliphatic rings. The van der Waals surface area contributed by atoms with Gasteiger partial charge in [0.1, 0.15) is 0 Å². The van der Waals surface area contributed by atoms with Gasteiger partial charge in [-0.05, 0) is 35.9 Å². The molecule has 1 aromatic carbocycles. The van der Waals surface area contributed by atoms with E-state index in [1.165, 1.54) is 11.3 Å². The summed E-state index contributed by atoms with van der Waals surface area (Å²) in [5.74, 6) is -1.18. The average molecular weight is 378 g/mol. The minimum absolute atomic E-state index is 0.00630. The highest BCUT2D eigenvalue weighted by molar-refractivity contribution is 7.98. The van der Waals surface area contributed by atoms with Crippen molar-refractivity contribution in [2.24, 2.45) is 0 Å². The molecule has 0 atom stereocenters. The number of hydrogen-bond acceptors (Lipinski definition) is 6. The third-order valence-corrected chi connectivity index (χ3v) is 4.67. The Morgan fingerprint density at radius 3 is 2.76 bits per heavy atom. The van der Waals surface area contributed by atoms with E-state index < -0.39 is 11.9 Å². The Kier molecular flexibility index (Phi) is 7.49. The number of esters is 1. The first kappa shape index (κ1) is 19.0. The van der Waals surface area contributed by atoms with Gasteiger partial charge in [-0.15, -0.1) is 23.1 Å². The van der Waals surface area contributed by atoms with Crippen LogP contribution in [0, 0.1) is 0 Å². The minimum atomic E-state index is -0.542. The molecular weight excluding hydrogens is 360 g/mol. The summed E-state index contributed by atoms with van der Waals surface area (Å²) in [6, 6.07) is 10.9. The van der Waals surface area contributed by atoms with Crippen LogP contribution in [0.15, 0.2) is 46.7 Å². The maximum absolute atomic E-state index is 11.8. The molecule has 6 nitrogen and oxygen atoms in total. The zero-order valence-electron chi connectivity index (χ0n) is 13.6. The molecular formula is C17H18N2O4S2. The molecule has 1 aromatic heterocycles. The fourth-order valence-corrected chi connectivity index (χ4v) is 2.99. The molecule has 0 aliphatic carbocycles. The maximum atomic E-state index is 11.8. The smallest absolute Gasteiger partial charge is 0.308 e. The van der Waals surface area contributed by atoms with E-state index in [-0.39, 0.29) is 25.5 Å². The summed E-state index contributed by atoms with van der Waals surface area (Å²) in [7, 11) is 0. The first-order valence-corrected chi connectivity index (χ1v) is 9.60. The van der Waals surface area contributed by atoms with E-state index in [0.29, 0.717) is 10.6 Å². The number of thiophene rings is 1. The summed E-state index contributed by atoms with van der Waals surface area (Å²) in [5.41, 5.74) is 0.649. The van der Waals surface area contributed by atoms with Crippen molar-refractivity contribution in [2.45, 2.75) is 11.3 Å². The van der Waals surface area contributed by atoms with E-state index in [1.807, 2.05) is 24.5 Å². The van der Waals surface area contributed by atoms with Crippen LogP contribution in [0.4, 0.5) is 5.69 Å². The van der Waals surface area contributed by atoms with Crippen LogP contribution in [0.5, 0.6) is 0 Å². The van der Waals surface area contributed by atoms with Gasteiger partial charge < -0.3 is 15.4 Å². The number of benzene rings is 1. The lowest BCUT2D eigenvalue weighted by atomic mass is 10.3. The van der Waals surface area contributed by atoms with E-state index >= 15 is 0 Å². The summed E-state index contributed by atoms with van der Waals surface area (Å²) >= 11 is 2.89. The van der Waals surface area contributed by atoms with Gasteiger partial charge >= 0.3 is 5.97 Å². The number of rotatable bonds is 8. The largest absolute Gasteiger partial charge is 0.456 e. The third-order valence-electron chi connectivity index (χ3n) is 3.08. The highest BCUT2D eigenvalue weighted by Gasteiger charge is 2.10. The van der Waals surface area contributed by atoms with Gasteiger partial charge in [0, 0.05) is 17.1 Å². The number of hydrogen-bond donors (Lipinski definition) is 2. The average Bonchev–Trinajstić information content (AvgIpc) is 3.15. The van der Waals surface area contributed by atoms with Crippen molar-refractivity contribution in [2.75, 3.05) is 24.7 Å². The Morgan fingerprint density at radius 1 is 1.20 bits per heavy atom. The standard InChI is InChI=1S/C17H18N2O4S2/c1-24-13-5-2-4-12(10-13)19-15(20)11-23-16(21)7-8-18-17(22)14-6-3-9-25-14/h2-6,9-10H,7-8,11H2,1H3,(H,18,22)(H,19,20). The third kappa shape index (κ3) is 6.60. The molecule has 25 heavy (non-hydrogen) atoms. The molecule has 0 saturated carbocycles. The van der Waals surface area contributed by atoms with Crippen LogP contribution in [-0.4, -0.2) is 37.2 Å². The monoisotopic (exact) mass is 378 g/mol. The predicted octanol–water partition coefficient (Wildman–Crippen LogP) is 2.77. The van der Waals surface area contributed by atoms with Crippen LogP contribution < -0.4 is 10.6 Å². The van der Waals surface area contributed by atoms with Crippen LogP contribution in [0.1, 0.15) is 16.1 Å². The summed E-state index contributed by atoms with van der Waals surface area (Å²) in [6.45, 7) is -0.200. The molecule has 0 unspecified atom stereocenters. The van der Waals surface area contributed by atoms with Gasteiger partial charge in [-0.2, -0.15) is 0 Å². The molecule has 2 N–H and O–H groups in total. The van der Waals surface area contributed by atoms with Crippen LogP contribution in [0.25, 0.3) is 0 Å². The lowest BCUT2D eigenvalue weighted by Gasteiger charge is -2.08. The molecule has 0 fully saturated rings. The lowest BCUT2D eigenvalue weighted by molar-refractivity contribution is -0.147. The molecule has 132 valence electrons. The quantitative estimate of drug-likeness (QED) is 0.545. The number of carbonyl (C=O) groups is 3. The van der Waals surface area contributed by atoms with Gasteiger partial charge in [-0.1, -0.05) is 12.1 Å². The second-order valence-corrected chi connectivity index (χ2v) is 6.75. The zero-order chi connectivity index (χ0) is 18.1. The van der Waals surface area contributed by atoms with E-state index in [0.717, 1.165) is 4.90 Å². The molecule has 8 heteroatoms. The molecule has 0 spiro atoms. The zero-order valence-corrected chi connectivity index (χ0v) is 15.2. The van der Waals surface area contributed by atoms with Crippen molar-refractivity contribution < 1.29 is 19.1 Å². The highest BCUT2D eigenvalue weighted by atomic mass is 32.2. The van der Waals surface area contributed by atoms with Crippen LogP contribution >= 0.6 is 23.1 Å². The van der Waals surface area contributed by atoms with Crippen LogP contribution in [0.2, 0.25) is 0 Å². The summed E-state index contributed by atoms with van der Waals surface area (Å²) in [4.78, 5) is 36.7. The molecule has 1 heterocycles. The molecule has 0 saturated heterocycles. The predicted molar refractivity (Wildman–Crippen MR) is 99.1 cm³/mol. The van der Waals surface area contributed by atoms with Crippen molar-refractivity contribution in [3.63, 3.8) is 0 Å². The molecule has 0 aliphatic heterocycles. The van der Waals surface area contributed by atoms with Gasteiger partial charge in [0.25, 0.3) is 11.8 Å². The second-order valence-electron chi connectivity index (χ2n) is 4.92. The van der Waals surface area contributed by atoms with Crippen molar-refractivity contribution in [1.29, 1.82) is 0 Å². The Balaban J connectivity index is 1.65. The summed E-state index contributed by atoms with van der Waals surface area (Å²) in [5, 5.41) is 7.09. The Bertz CT molecular complexity index is 732. The van der Waals surface area contributed by atoms with E-state index in [4.69, 9.17) is 4.74 Å². The Labute approximate surface area is 154 Å². The normalized spacial score (nSPS) is 10.1. The van der Waals surface area contributed by atoms with Crippen molar-refractivity contribution in [3.05, 3.63) is 46.7 Å². The number of carbonyl (C=O) groups excluding carboxylic acids is 3. The van der Waals surface area contributed by atoms with Crippen molar-refractivity contribution >= 4 is 46.6 Å². The van der Waals surface area contributed by atoms with E-state index in [9.17, 15) is 14.4 Å². The number of amides is 2. The van der Waals surface area contributed by atoms with Gasteiger partial charge in [0.2, 0.25) is 0 Å². The Morgan fingerprint density at radius 2 is 2.04 bits per heavy atom. The van der Waals surface area contributed by atoms with Gasteiger partial charge in [-0.3, -0.25) is 14.4 Å². The van der Waals surface area contributed by atoms with Gasteiger partial charge in [-0.25, -0.2) is 0 Å². The summed E-state index contributed by atoms with van der Waals surface area (Å²) in [6.07, 6.45) is 1.95. The molecule has 0 radical (unpaired) electrons. The van der Waals surface area contributed by atoms with Crippen LogP contribution in [-0.2, 0) is 14.3 Å². The van der Waals surface area contributed by atoms with E-state index in [2.05, 4.69) is 10.6 Å². The first-order valence-electron chi connectivity index (χ1n) is 7.49. The molecule has 2 amide bonds. The number of thioether (sulfide) groups is 1. The summed E-state index contributed by atoms with van der Waals surface area (Å²) < 4.78 is 4.90. The second kappa shape index (κ2) is 9.85. The topological polar surface area (TPSA) is 84.5 Å². The molecule has 0 bridgehead atoms. The minimum Gasteiger partial charge on any atom is -0.456 e. The molecule has 2 rings (SSSR count). The van der Waals surface area contributed by atoms with Gasteiger partial charge in [0.15, 0.2) is 6.61 Å². The first-order chi connectivity index (χ1) is 12.1. The van der Waals surface area contributed by atoms with Gasteiger partial charge in [0.05, 0.1) is 11.3 Å². The fraction of sp³-hybridized carbons (Fsp3) is 0.235. The molecule has 2 aromatic rings. The van der Waals surface area contributed by atoms with Crippen molar-refractivity contribution in [3.8, 4) is 0 Å². The maximum Gasteiger partial charge on any atom is 0.308 e. The van der Waals surface area contributed by atoms with Crippen LogP contribution in [0.3, 0.4) is 0 Å². The number of ether oxygens (including phenoxy) is 1. The number of nitrogens with one attached hydrogen (secondary N) is 2. The number of anilines is 1. The van der Waals surface area contributed by atoms with E-state index in [1.54, 1.807) is 35.3 Å². The Hall–Kier alpha value is -2.32. The fourth-order valence-electron chi connectivity index (χ4n) is 1.89. The SMILES string of the molecule is CSc1cccc(NC(=O)COC(=O)CCNC(=O)c2cccs2)c1. The lowest BCUT2D eigenvalue weighted by Crippen LogP contribution is -2.27. The highest BCUT2D eigenvalue weighted by Crippen LogP contribution is 2.18. The van der Waals surface area contributed by atoms with Crippen molar-refractivity contribution in [1.82, 2.24) is 5.32 Å².